The zero-order chi connectivity index (χ0) is 14.2. The lowest BCUT2D eigenvalue weighted by atomic mass is 9.95. The summed E-state index contributed by atoms with van der Waals surface area (Å²) in [6, 6.07) is 7.60. The first-order chi connectivity index (χ1) is 9.78. The summed E-state index contributed by atoms with van der Waals surface area (Å²) >= 11 is 0. The van der Waals surface area contributed by atoms with Gasteiger partial charge in [-0.25, -0.2) is 0 Å². The van der Waals surface area contributed by atoms with Crippen LogP contribution in [0.2, 0.25) is 0 Å². The SMILES string of the molecule is CCOc1ccc(CC(=O)OCC2CC=CCC2)cc1. The molecule has 1 aliphatic rings. The normalized spacial score (nSPS) is 17.8. The van der Waals surface area contributed by atoms with Gasteiger partial charge in [-0.1, -0.05) is 24.3 Å². The van der Waals surface area contributed by atoms with E-state index in [1.165, 1.54) is 0 Å². The van der Waals surface area contributed by atoms with Crippen LogP contribution in [0.25, 0.3) is 0 Å². The van der Waals surface area contributed by atoms with Crippen molar-refractivity contribution in [3.05, 3.63) is 42.0 Å². The van der Waals surface area contributed by atoms with Crippen LogP contribution in [-0.2, 0) is 16.0 Å². The molecule has 1 unspecified atom stereocenters. The molecule has 1 atom stereocenters. The molecule has 0 aliphatic heterocycles. The van der Waals surface area contributed by atoms with E-state index in [0.29, 0.717) is 25.6 Å². The van der Waals surface area contributed by atoms with Gasteiger partial charge in [0.15, 0.2) is 0 Å². The van der Waals surface area contributed by atoms with Crippen molar-refractivity contribution in [2.75, 3.05) is 13.2 Å². The van der Waals surface area contributed by atoms with Gasteiger partial charge in [0.1, 0.15) is 5.75 Å². The van der Waals surface area contributed by atoms with Crippen LogP contribution in [0.3, 0.4) is 0 Å². The highest BCUT2D eigenvalue weighted by Gasteiger charge is 2.13. The Labute approximate surface area is 120 Å². The van der Waals surface area contributed by atoms with Crippen LogP contribution < -0.4 is 4.74 Å². The van der Waals surface area contributed by atoms with Gasteiger partial charge in [-0.2, -0.15) is 0 Å². The van der Waals surface area contributed by atoms with Crippen molar-refractivity contribution in [3.8, 4) is 5.75 Å². The summed E-state index contributed by atoms with van der Waals surface area (Å²) in [7, 11) is 0. The predicted molar refractivity (Wildman–Crippen MR) is 78.8 cm³/mol. The molecule has 0 saturated heterocycles. The highest BCUT2D eigenvalue weighted by molar-refractivity contribution is 5.72. The third kappa shape index (κ3) is 4.72. The molecular weight excluding hydrogens is 252 g/mol. The lowest BCUT2D eigenvalue weighted by Crippen LogP contribution is -2.16. The number of hydrogen-bond donors (Lipinski definition) is 0. The van der Waals surface area contributed by atoms with Crippen molar-refractivity contribution in [2.24, 2.45) is 5.92 Å². The maximum absolute atomic E-state index is 11.8. The Morgan fingerprint density at radius 2 is 2.05 bits per heavy atom. The van der Waals surface area contributed by atoms with E-state index in [-0.39, 0.29) is 5.97 Å². The number of rotatable bonds is 6. The maximum atomic E-state index is 11.8. The van der Waals surface area contributed by atoms with Gasteiger partial charge in [0.25, 0.3) is 0 Å². The number of esters is 1. The average Bonchev–Trinajstić information content (AvgIpc) is 2.49. The molecule has 3 heteroatoms. The molecule has 0 saturated carbocycles. The van der Waals surface area contributed by atoms with E-state index < -0.39 is 0 Å². The quantitative estimate of drug-likeness (QED) is 0.588. The second-order valence-electron chi connectivity index (χ2n) is 5.09. The molecule has 3 nitrogen and oxygen atoms in total. The van der Waals surface area contributed by atoms with Crippen molar-refractivity contribution in [1.29, 1.82) is 0 Å². The van der Waals surface area contributed by atoms with E-state index in [0.717, 1.165) is 30.6 Å². The summed E-state index contributed by atoms with van der Waals surface area (Å²) in [6.07, 6.45) is 7.94. The zero-order valence-corrected chi connectivity index (χ0v) is 12.0. The van der Waals surface area contributed by atoms with Crippen molar-refractivity contribution < 1.29 is 14.3 Å². The Morgan fingerprint density at radius 3 is 2.70 bits per heavy atom. The maximum Gasteiger partial charge on any atom is 0.310 e. The molecule has 0 fully saturated rings. The van der Waals surface area contributed by atoms with Crippen LogP contribution >= 0.6 is 0 Å². The van der Waals surface area contributed by atoms with E-state index in [1.807, 2.05) is 31.2 Å². The summed E-state index contributed by atoms with van der Waals surface area (Å²) in [5, 5.41) is 0. The van der Waals surface area contributed by atoms with E-state index in [2.05, 4.69) is 12.2 Å². The third-order valence-electron chi connectivity index (χ3n) is 3.44. The fourth-order valence-corrected chi connectivity index (χ4v) is 2.31. The molecule has 1 aromatic rings. The van der Waals surface area contributed by atoms with Gasteiger partial charge in [-0.05, 0) is 49.8 Å². The predicted octanol–water partition coefficient (Wildman–Crippen LogP) is 3.53. The second-order valence-corrected chi connectivity index (χ2v) is 5.09. The number of ether oxygens (including phenoxy) is 2. The van der Waals surface area contributed by atoms with Gasteiger partial charge >= 0.3 is 5.97 Å². The van der Waals surface area contributed by atoms with E-state index in [1.54, 1.807) is 0 Å². The van der Waals surface area contributed by atoms with Crippen molar-refractivity contribution >= 4 is 5.97 Å². The fraction of sp³-hybridized carbons (Fsp3) is 0.471. The van der Waals surface area contributed by atoms with E-state index in [4.69, 9.17) is 9.47 Å². The first-order valence-electron chi connectivity index (χ1n) is 7.30. The minimum absolute atomic E-state index is 0.149. The van der Waals surface area contributed by atoms with Crippen molar-refractivity contribution in [2.45, 2.75) is 32.6 Å². The summed E-state index contributed by atoms with van der Waals surface area (Å²) in [6.45, 7) is 3.14. The number of allylic oxidation sites excluding steroid dienone is 2. The monoisotopic (exact) mass is 274 g/mol. The molecule has 0 heterocycles. The van der Waals surface area contributed by atoms with Crippen LogP contribution in [-0.4, -0.2) is 19.2 Å². The van der Waals surface area contributed by atoms with Gasteiger partial charge < -0.3 is 9.47 Å². The Bertz CT molecular complexity index is 448. The molecule has 20 heavy (non-hydrogen) atoms. The van der Waals surface area contributed by atoms with Crippen LogP contribution in [0.4, 0.5) is 0 Å². The molecule has 108 valence electrons. The van der Waals surface area contributed by atoms with E-state index in [9.17, 15) is 4.79 Å². The number of carbonyl (C=O) groups excluding carboxylic acids is 1. The summed E-state index contributed by atoms with van der Waals surface area (Å²) < 4.78 is 10.7. The Kier molecular flexibility index (Phi) is 5.66. The Hall–Kier alpha value is -1.77. The second kappa shape index (κ2) is 7.73. The van der Waals surface area contributed by atoms with Crippen molar-refractivity contribution in [3.63, 3.8) is 0 Å². The lowest BCUT2D eigenvalue weighted by molar-refractivity contribution is -0.144. The molecule has 1 aromatic carbocycles. The first kappa shape index (κ1) is 14.6. The minimum Gasteiger partial charge on any atom is -0.494 e. The van der Waals surface area contributed by atoms with Crippen LogP contribution in [0.1, 0.15) is 31.7 Å². The molecule has 1 aliphatic carbocycles. The summed E-state index contributed by atoms with van der Waals surface area (Å²) in [5.41, 5.74) is 0.960. The topological polar surface area (TPSA) is 35.5 Å². The van der Waals surface area contributed by atoms with Gasteiger partial charge in [-0.3, -0.25) is 4.79 Å². The highest BCUT2D eigenvalue weighted by atomic mass is 16.5. The summed E-state index contributed by atoms with van der Waals surface area (Å²) in [4.78, 5) is 11.8. The molecule has 0 N–H and O–H groups in total. The van der Waals surface area contributed by atoms with Gasteiger partial charge in [0.2, 0.25) is 0 Å². The third-order valence-corrected chi connectivity index (χ3v) is 3.44. The Balaban J connectivity index is 1.74. The largest absolute Gasteiger partial charge is 0.494 e. The smallest absolute Gasteiger partial charge is 0.310 e. The number of hydrogen-bond acceptors (Lipinski definition) is 3. The first-order valence-corrected chi connectivity index (χ1v) is 7.30. The lowest BCUT2D eigenvalue weighted by Gasteiger charge is -2.17. The molecule has 0 bridgehead atoms. The van der Waals surface area contributed by atoms with Gasteiger partial charge in [-0.15, -0.1) is 0 Å². The standard InChI is InChI=1S/C17H22O3/c1-2-19-16-10-8-14(9-11-16)12-17(18)20-13-15-6-4-3-5-7-15/h3-4,8-11,15H,2,5-7,12-13H2,1H3. The molecule has 0 radical (unpaired) electrons. The van der Waals surface area contributed by atoms with E-state index >= 15 is 0 Å². The Morgan fingerprint density at radius 1 is 1.25 bits per heavy atom. The molecule has 0 spiro atoms. The number of benzene rings is 1. The minimum atomic E-state index is -0.149. The van der Waals surface area contributed by atoms with Crippen LogP contribution in [0.15, 0.2) is 36.4 Å². The van der Waals surface area contributed by atoms with Crippen molar-refractivity contribution in [1.82, 2.24) is 0 Å². The molecular formula is C17H22O3. The fourth-order valence-electron chi connectivity index (χ4n) is 2.31. The van der Waals surface area contributed by atoms with Crippen LogP contribution in [0, 0.1) is 5.92 Å². The summed E-state index contributed by atoms with van der Waals surface area (Å²) in [5.74, 6) is 1.17. The zero-order valence-electron chi connectivity index (χ0n) is 12.0. The molecule has 0 amide bonds. The van der Waals surface area contributed by atoms with Gasteiger partial charge in [0.05, 0.1) is 19.6 Å². The molecule has 0 aromatic heterocycles. The number of carbonyl (C=O) groups is 1. The molecule has 2 rings (SSSR count). The van der Waals surface area contributed by atoms with Crippen LogP contribution in [0.5, 0.6) is 5.75 Å². The van der Waals surface area contributed by atoms with Gasteiger partial charge in [0, 0.05) is 0 Å². The average molecular weight is 274 g/mol. The highest BCUT2D eigenvalue weighted by Crippen LogP contribution is 2.18.